The van der Waals surface area contributed by atoms with Crippen LogP contribution in [0.1, 0.15) is 25.7 Å². The van der Waals surface area contributed by atoms with Crippen molar-refractivity contribution in [1.82, 2.24) is 10.2 Å². The van der Waals surface area contributed by atoms with Crippen LogP contribution < -0.4 is 5.32 Å². The van der Waals surface area contributed by atoms with Crippen molar-refractivity contribution in [2.75, 3.05) is 26.2 Å². The number of rotatable bonds is 2. The zero-order valence-electron chi connectivity index (χ0n) is 8.21. The number of hydrogen-bond acceptors (Lipinski definition) is 3. The topological polar surface area (TPSA) is 35.5 Å². The molecule has 0 spiro atoms. The van der Waals surface area contributed by atoms with Crippen LogP contribution in [0.15, 0.2) is 0 Å². The Bertz CT molecular complexity index is 149. The number of nitrogens with zero attached hydrogens (tertiary/aromatic N) is 1. The highest BCUT2D eigenvalue weighted by molar-refractivity contribution is 4.80. The van der Waals surface area contributed by atoms with Gasteiger partial charge in [0.05, 0.1) is 6.10 Å². The molecule has 3 nitrogen and oxygen atoms in total. The molecule has 0 amide bonds. The van der Waals surface area contributed by atoms with E-state index < -0.39 is 0 Å². The summed E-state index contributed by atoms with van der Waals surface area (Å²) in [6, 6.07) is 0.718. The van der Waals surface area contributed by atoms with Crippen LogP contribution in [0.2, 0.25) is 0 Å². The number of aliphatic hydroxyl groups excluding tert-OH is 1. The van der Waals surface area contributed by atoms with Gasteiger partial charge in [0.15, 0.2) is 0 Å². The van der Waals surface area contributed by atoms with Gasteiger partial charge in [0, 0.05) is 25.7 Å². The standard InChI is InChI=1S/C10H20N2O/c13-10-3-6-12(7-4-10)8-9-2-1-5-11-9/h9-11,13H,1-8H2/t9-/m0/s1. The first-order valence-electron chi connectivity index (χ1n) is 5.48. The first kappa shape index (κ1) is 9.44. The summed E-state index contributed by atoms with van der Waals surface area (Å²) in [4.78, 5) is 2.48. The highest BCUT2D eigenvalue weighted by atomic mass is 16.3. The van der Waals surface area contributed by atoms with Crippen LogP contribution in [0.4, 0.5) is 0 Å². The fourth-order valence-electron chi connectivity index (χ4n) is 2.33. The van der Waals surface area contributed by atoms with Gasteiger partial charge in [-0.25, -0.2) is 0 Å². The van der Waals surface area contributed by atoms with Gasteiger partial charge in [-0.1, -0.05) is 0 Å². The maximum atomic E-state index is 9.35. The lowest BCUT2D eigenvalue weighted by Crippen LogP contribution is -2.42. The number of piperidine rings is 1. The molecule has 3 heteroatoms. The zero-order valence-corrected chi connectivity index (χ0v) is 8.21. The molecule has 2 aliphatic rings. The molecule has 2 heterocycles. The predicted molar refractivity (Wildman–Crippen MR) is 52.7 cm³/mol. The summed E-state index contributed by atoms with van der Waals surface area (Å²) < 4.78 is 0. The Kier molecular flexibility index (Phi) is 3.19. The van der Waals surface area contributed by atoms with Crippen LogP contribution in [0.25, 0.3) is 0 Å². The minimum absolute atomic E-state index is 0.0345. The third-order valence-corrected chi connectivity index (χ3v) is 3.20. The molecule has 0 unspecified atom stereocenters. The van der Waals surface area contributed by atoms with Gasteiger partial charge in [0.2, 0.25) is 0 Å². The Morgan fingerprint density at radius 2 is 2.00 bits per heavy atom. The fourth-order valence-corrected chi connectivity index (χ4v) is 2.33. The van der Waals surface area contributed by atoms with Gasteiger partial charge in [-0.3, -0.25) is 0 Å². The first-order chi connectivity index (χ1) is 6.34. The second-order valence-electron chi connectivity index (χ2n) is 4.33. The van der Waals surface area contributed by atoms with Crippen LogP contribution >= 0.6 is 0 Å². The van der Waals surface area contributed by atoms with E-state index >= 15 is 0 Å². The molecule has 0 aromatic heterocycles. The van der Waals surface area contributed by atoms with Gasteiger partial charge in [-0.05, 0) is 32.2 Å². The molecule has 2 N–H and O–H groups in total. The van der Waals surface area contributed by atoms with Crippen LogP contribution in [-0.2, 0) is 0 Å². The van der Waals surface area contributed by atoms with Crippen molar-refractivity contribution in [3.8, 4) is 0 Å². The average Bonchev–Trinajstić information content (AvgIpc) is 2.62. The Labute approximate surface area is 80.1 Å². The lowest BCUT2D eigenvalue weighted by Gasteiger charge is -2.31. The summed E-state index contributed by atoms with van der Waals surface area (Å²) in [5.41, 5.74) is 0. The molecular weight excluding hydrogens is 164 g/mol. The Hall–Kier alpha value is -0.120. The van der Waals surface area contributed by atoms with Gasteiger partial charge in [-0.15, -0.1) is 0 Å². The minimum atomic E-state index is -0.0345. The van der Waals surface area contributed by atoms with Crippen LogP contribution in [-0.4, -0.2) is 48.3 Å². The van der Waals surface area contributed by atoms with E-state index in [1.807, 2.05) is 0 Å². The lowest BCUT2D eigenvalue weighted by molar-refractivity contribution is 0.0788. The van der Waals surface area contributed by atoms with E-state index in [1.165, 1.54) is 25.9 Å². The quantitative estimate of drug-likeness (QED) is 0.643. The molecule has 0 aromatic rings. The van der Waals surface area contributed by atoms with Crippen molar-refractivity contribution in [1.29, 1.82) is 0 Å². The largest absolute Gasteiger partial charge is 0.393 e. The summed E-state index contributed by atoms with van der Waals surface area (Å²) in [6.45, 7) is 4.55. The normalized spacial score (nSPS) is 32.5. The predicted octanol–water partition coefficient (Wildman–Crippen LogP) is 0.195. The molecule has 0 aromatic carbocycles. The third-order valence-electron chi connectivity index (χ3n) is 3.20. The van der Waals surface area contributed by atoms with Crippen molar-refractivity contribution < 1.29 is 5.11 Å². The zero-order chi connectivity index (χ0) is 9.10. The van der Waals surface area contributed by atoms with Crippen molar-refractivity contribution >= 4 is 0 Å². The Morgan fingerprint density at radius 1 is 1.23 bits per heavy atom. The summed E-state index contributed by atoms with van der Waals surface area (Å²) in [5, 5.41) is 12.9. The molecule has 2 rings (SSSR count). The van der Waals surface area contributed by atoms with Crippen LogP contribution in [0.3, 0.4) is 0 Å². The number of aliphatic hydroxyl groups is 1. The van der Waals surface area contributed by atoms with E-state index in [-0.39, 0.29) is 6.10 Å². The summed E-state index contributed by atoms with van der Waals surface area (Å²) in [6.07, 6.45) is 4.56. The van der Waals surface area contributed by atoms with Gasteiger partial charge >= 0.3 is 0 Å². The molecule has 0 bridgehead atoms. The molecule has 2 aliphatic heterocycles. The number of nitrogens with one attached hydrogen (secondary N) is 1. The average molecular weight is 184 g/mol. The van der Waals surface area contributed by atoms with Crippen LogP contribution in [0, 0.1) is 0 Å². The summed E-state index contributed by atoms with van der Waals surface area (Å²) in [5.74, 6) is 0. The second kappa shape index (κ2) is 4.40. The molecule has 0 saturated carbocycles. The number of hydrogen-bond donors (Lipinski definition) is 2. The highest BCUT2D eigenvalue weighted by Crippen LogP contribution is 2.13. The maximum absolute atomic E-state index is 9.35. The first-order valence-corrected chi connectivity index (χ1v) is 5.48. The monoisotopic (exact) mass is 184 g/mol. The number of likely N-dealkylation sites (tertiary alicyclic amines) is 1. The van der Waals surface area contributed by atoms with E-state index in [1.54, 1.807) is 0 Å². The fraction of sp³-hybridized carbons (Fsp3) is 1.00. The van der Waals surface area contributed by atoms with Gasteiger partial charge < -0.3 is 15.3 Å². The van der Waals surface area contributed by atoms with E-state index in [2.05, 4.69) is 10.2 Å². The lowest BCUT2D eigenvalue weighted by atomic mass is 10.1. The SMILES string of the molecule is OC1CCN(C[C@@H]2CCCN2)CC1. The van der Waals surface area contributed by atoms with E-state index in [0.717, 1.165) is 32.0 Å². The Balaban J connectivity index is 1.69. The van der Waals surface area contributed by atoms with E-state index in [9.17, 15) is 5.11 Å². The molecule has 2 saturated heterocycles. The summed E-state index contributed by atoms with van der Waals surface area (Å²) in [7, 11) is 0. The third kappa shape index (κ3) is 2.66. The van der Waals surface area contributed by atoms with Gasteiger partial charge in [0.25, 0.3) is 0 Å². The van der Waals surface area contributed by atoms with E-state index in [4.69, 9.17) is 0 Å². The molecule has 0 radical (unpaired) electrons. The highest BCUT2D eigenvalue weighted by Gasteiger charge is 2.21. The molecule has 0 aliphatic carbocycles. The van der Waals surface area contributed by atoms with Crippen LogP contribution in [0.5, 0.6) is 0 Å². The molecule has 1 atom stereocenters. The van der Waals surface area contributed by atoms with Crippen molar-refractivity contribution in [2.45, 2.75) is 37.8 Å². The van der Waals surface area contributed by atoms with Crippen molar-refractivity contribution in [3.05, 3.63) is 0 Å². The van der Waals surface area contributed by atoms with E-state index in [0.29, 0.717) is 0 Å². The molecule has 76 valence electrons. The van der Waals surface area contributed by atoms with Gasteiger partial charge in [0.1, 0.15) is 0 Å². The van der Waals surface area contributed by atoms with Gasteiger partial charge in [-0.2, -0.15) is 0 Å². The Morgan fingerprint density at radius 3 is 2.62 bits per heavy atom. The maximum Gasteiger partial charge on any atom is 0.0564 e. The minimum Gasteiger partial charge on any atom is -0.393 e. The summed E-state index contributed by atoms with van der Waals surface area (Å²) >= 11 is 0. The van der Waals surface area contributed by atoms with Crippen molar-refractivity contribution in [2.24, 2.45) is 0 Å². The molecular formula is C10H20N2O. The second-order valence-corrected chi connectivity index (χ2v) is 4.33. The van der Waals surface area contributed by atoms with Crippen molar-refractivity contribution in [3.63, 3.8) is 0 Å². The molecule has 2 fully saturated rings. The smallest absolute Gasteiger partial charge is 0.0564 e. The molecule has 13 heavy (non-hydrogen) atoms.